The average molecular weight is 330 g/mol. The normalized spacial score (nSPS) is 14.4. The summed E-state index contributed by atoms with van der Waals surface area (Å²) in [4.78, 5) is 18.3. The molecule has 0 saturated heterocycles. The van der Waals surface area contributed by atoms with E-state index in [-0.39, 0.29) is 11.8 Å². The molecule has 2 rings (SSSR count). The Balaban J connectivity index is 1.84. The highest BCUT2D eigenvalue weighted by Gasteiger charge is 2.28. The van der Waals surface area contributed by atoms with Crippen LogP contribution >= 0.6 is 0 Å². The van der Waals surface area contributed by atoms with E-state index in [4.69, 9.17) is 0 Å². The van der Waals surface area contributed by atoms with Gasteiger partial charge in [0.1, 0.15) is 0 Å². The van der Waals surface area contributed by atoms with E-state index in [0.717, 1.165) is 38.3 Å². The Morgan fingerprint density at radius 3 is 2.42 bits per heavy atom. The van der Waals surface area contributed by atoms with Crippen molar-refractivity contribution < 1.29 is 4.79 Å². The first-order chi connectivity index (χ1) is 11.6. The number of nitrogens with one attached hydrogen (secondary N) is 2. The van der Waals surface area contributed by atoms with Crippen LogP contribution in [0.5, 0.6) is 0 Å². The maximum Gasteiger partial charge on any atom is 0.223 e. The molecule has 5 nitrogen and oxygen atoms in total. The molecule has 0 aliphatic heterocycles. The van der Waals surface area contributed by atoms with Crippen LogP contribution in [-0.2, 0) is 17.8 Å². The summed E-state index contributed by atoms with van der Waals surface area (Å²) in [7, 11) is 2.04. The van der Waals surface area contributed by atoms with Gasteiger partial charge in [0.25, 0.3) is 0 Å². The highest BCUT2D eigenvalue weighted by Crippen LogP contribution is 2.28. The molecule has 1 aliphatic carbocycles. The van der Waals surface area contributed by atoms with Crippen molar-refractivity contribution in [1.82, 2.24) is 15.5 Å². The molecule has 0 aromatic heterocycles. The quantitative estimate of drug-likeness (QED) is 0.436. The number of nitrogens with zero attached hydrogens (tertiary/aromatic N) is 2. The summed E-state index contributed by atoms with van der Waals surface area (Å²) in [6.07, 6.45) is 3.14. The average Bonchev–Trinajstić information content (AvgIpc) is 3.43. The van der Waals surface area contributed by atoms with Crippen molar-refractivity contribution >= 4 is 11.9 Å². The van der Waals surface area contributed by atoms with Crippen LogP contribution in [0.1, 0.15) is 37.8 Å². The van der Waals surface area contributed by atoms with Gasteiger partial charge in [-0.1, -0.05) is 31.2 Å². The van der Waals surface area contributed by atoms with E-state index in [0.29, 0.717) is 13.1 Å². The zero-order chi connectivity index (χ0) is 17.4. The van der Waals surface area contributed by atoms with Crippen LogP contribution in [0.15, 0.2) is 29.3 Å². The third-order valence-corrected chi connectivity index (χ3v) is 4.17. The Kier molecular flexibility index (Phi) is 7.09. The molecule has 0 heterocycles. The van der Waals surface area contributed by atoms with Crippen LogP contribution in [0, 0.1) is 5.92 Å². The van der Waals surface area contributed by atoms with Crippen LogP contribution in [0.4, 0.5) is 0 Å². The van der Waals surface area contributed by atoms with Gasteiger partial charge in [-0.15, -0.1) is 0 Å². The van der Waals surface area contributed by atoms with E-state index in [1.165, 1.54) is 11.1 Å². The van der Waals surface area contributed by atoms with Crippen LogP contribution in [0.25, 0.3) is 0 Å². The molecule has 1 aromatic rings. The number of aliphatic imine (C=N–C) groups is 1. The van der Waals surface area contributed by atoms with Crippen molar-refractivity contribution in [3.8, 4) is 0 Å². The number of amides is 1. The van der Waals surface area contributed by atoms with Gasteiger partial charge in [0, 0.05) is 32.6 Å². The predicted molar refractivity (Wildman–Crippen MR) is 99.0 cm³/mol. The van der Waals surface area contributed by atoms with Gasteiger partial charge < -0.3 is 15.5 Å². The first-order valence-electron chi connectivity index (χ1n) is 8.99. The van der Waals surface area contributed by atoms with Crippen molar-refractivity contribution in [2.24, 2.45) is 10.9 Å². The summed E-state index contributed by atoms with van der Waals surface area (Å²) in [5.74, 6) is 1.31. The summed E-state index contributed by atoms with van der Waals surface area (Å²) in [5.41, 5.74) is 2.62. The van der Waals surface area contributed by atoms with Gasteiger partial charge in [0.15, 0.2) is 5.96 Å². The van der Waals surface area contributed by atoms with E-state index in [1.807, 2.05) is 7.05 Å². The third kappa shape index (κ3) is 5.87. The Morgan fingerprint density at radius 2 is 1.83 bits per heavy atom. The van der Waals surface area contributed by atoms with Gasteiger partial charge in [-0.2, -0.15) is 0 Å². The summed E-state index contributed by atoms with van der Waals surface area (Å²) >= 11 is 0. The maximum absolute atomic E-state index is 11.6. The number of rotatable bonds is 8. The topological polar surface area (TPSA) is 56.7 Å². The third-order valence-electron chi connectivity index (χ3n) is 4.17. The fraction of sp³-hybridized carbons (Fsp3) is 0.579. The van der Waals surface area contributed by atoms with Crippen molar-refractivity contribution in [3.05, 3.63) is 35.4 Å². The lowest BCUT2D eigenvalue weighted by atomic mass is 10.1. The number of benzene rings is 1. The van der Waals surface area contributed by atoms with E-state index in [1.54, 1.807) is 0 Å². The van der Waals surface area contributed by atoms with Crippen molar-refractivity contribution in [3.63, 3.8) is 0 Å². The number of hydrogen-bond donors (Lipinski definition) is 2. The van der Waals surface area contributed by atoms with E-state index >= 15 is 0 Å². The SMILES string of the molecule is CCNC(=NCCNC(=O)C1CC1)N(C)Cc1ccc(CC)cc1. The molecule has 1 aliphatic rings. The van der Waals surface area contributed by atoms with Gasteiger partial charge >= 0.3 is 0 Å². The minimum atomic E-state index is 0.180. The highest BCUT2D eigenvalue weighted by molar-refractivity contribution is 5.81. The number of carbonyl (C=O) groups excluding carboxylic acids is 1. The Labute approximate surface area is 145 Å². The molecule has 2 N–H and O–H groups in total. The van der Waals surface area contributed by atoms with Crippen molar-refractivity contribution in [1.29, 1.82) is 0 Å². The number of aryl methyl sites for hydroxylation is 1. The van der Waals surface area contributed by atoms with Crippen LogP contribution in [0.3, 0.4) is 0 Å². The molecule has 1 amide bonds. The number of carbonyl (C=O) groups is 1. The lowest BCUT2D eigenvalue weighted by Crippen LogP contribution is -2.39. The molecule has 0 spiro atoms. The largest absolute Gasteiger partial charge is 0.357 e. The molecule has 5 heteroatoms. The Bertz CT molecular complexity index is 549. The molecule has 1 saturated carbocycles. The van der Waals surface area contributed by atoms with Crippen molar-refractivity contribution in [2.45, 2.75) is 39.7 Å². The van der Waals surface area contributed by atoms with Gasteiger partial charge in [0.05, 0.1) is 6.54 Å². The zero-order valence-electron chi connectivity index (χ0n) is 15.1. The predicted octanol–water partition coefficient (Wildman–Crippen LogP) is 2.17. The van der Waals surface area contributed by atoms with E-state index in [9.17, 15) is 4.79 Å². The van der Waals surface area contributed by atoms with E-state index < -0.39 is 0 Å². The van der Waals surface area contributed by atoms with Crippen molar-refractivity contribution in [2.75, 3.05) is 26.7 Å². The molecule has 132 valence electrons. The molecule has 24 heavy (non-hydrogen) atoms. The monoisotopic (exact) mass is 330 g/mol. The summed E-state index contributed by atoms with van der Waals surface area (Å²) in [6, 6.07) is 8.71. The molecule has 1 fully saturated rings. The first kappa shape index (κ1) is 18.3. The smallest absolute Gasteiger partial charge is 0.223 e. The number of hydrogen-bond acceptors (Lipinski definition) is 2. The lowest BCUT2D eigenvalue weighted by Gasteiger charge is -2.22. The van der Waals surface area contributed by atoms with Gasteiger partial charge in [-0.05, 0) is 37.3 Å². The minimum absolute atomic E-state index is 0.180. The lowest BCUT2D eigenvalue weighted by molar-refractivity contribution is -0.122. The standard InChI is InChI=1S/C19H30N4O/c1-4-15-6-8-16(9-7-15)14-23(3)19(20-5-2)22-13-12-21-18(24)17-10-11-17/h6-9,17H,4-5,10-14H2,1-3H3,(H,20,22)(H,21,24). The second-order valence-electron chi connectivity index (χ2n) is 6.33. The van der Waals surface area contributed by atoms with Gasteiger partial charge in [-0.3, -0.25) is 9.79 Å². The molecule has 1 aromatic carbocycles. The molecule has 0 atom stereocenters. The Morgan fingerprint density at radius 1 is 1.17 bits per heavy atom. The van der Waals surface area contributed by atoms with Gasteiger partial charge in [-0.25, -0.2) is 0 Å². The van der Waals surface area contributed by atoms with Crippen LogP contribution in [0.2, 0.25) is 0 Å². The van der Waals surface area contributed by atoms with Crippen LogP contribution in [-0.4, -0.2) is 43.4 Å². The maximum atomic E-state index is 11.6. The molecule has 0 unspecified atom stereocenters. The molecule has 0 bridgehead atoms. The molecular formula is C19H30N4O. The molecule has 0 radical (unpaired) electrons. The first-order valence-corrected chi connectivity index (χ1v) is 8.99. The fourth-order valence-electron chi connectivity index (χ4n) is 2.53. The summed E-state index contributed by atoms with van der Waals surface area (Å²) < 4.78 is 0. The van der Waals surface area contributed by atoms with Crippen LogP contribution < -0.4 is 10.6 Å². The summed E-state index contributed by atoms with van der Waals surface area (Å²) in [6.45, 7) is 7.06. The number of guanidine groups is 1. The van der Waals surface area contributed by atoms with E-state index in [2.05, 4.69) is 58.6 Å². The zero-order valence-corrected chi connectivity index (χ0v) is 15.1. The second kappa shape index (κ2) is 9.30. The van der Waals surface area contributed by atoms with Gasteiger partial charge in [0.2, 0.25) is 5.91 Å². The minimum Gasteiger partial charge on any atom is -0.357 e. The highest BCUT2D eigenvalue weighted by atomic mass is 16.2. The Hall–Kier alpha value is -2.04. The fourth-order valence-corrected chi connectivity index (χ4v) is 2.53. The second-order valence-corrected chi connectivity index (χ2v) is 6.33. The molecular weight excluding hydrogens is 300 g/mol. The summed E-state index contributed by atoms with van der Waals surface area (Å²) in [5, 5.41) is 6.26.